The Morgan fingerprint density at radius 2 is 1.94 bits per heavy atom. The van der Waals surface area contributed by atoms with Crippen molar-refractivity contribution in [2.24, 2.45) is 0 Å². The van der Waals surface area contributed by atoms with Gasteiger partial charge in [0.15, 0.2) is 11.5 Å². The number of ether oxygens (including phenoxy) is 1. The first kappa shape index (κ1) is 26.1. The van der Waals surface area contributed by atoms with E-state index in [0.717, 1.165) is 25.0 Å². The highest BCUT2D eigenvalue weighted by Gasteiger charge is 2.31. The summed E-state index contributed by atoms with van der Waals surface area (Å²) >= 11 is 0. The summed E-state index contributed by atoms with van der Waals surface area (Å²) in [6.45, 7) is 0.430. The molecule has 3 rings (SSSR count). The quantitative estimate of drug-likeness (QED) is 0.300. The van der Waals surface area contributed by atoms with E-state index in [1.54, 1.807) is 12.1 Å². The summed E-state index contributed by atoms with van der Waals surface area (Å²) in [6.07, 6.45) is -1.36. The maximum atomic E-state index is 12.3. The highest BCUT2D eigenvalue weighted by atomic mass is 19.4. The van der Waals surface area contributed by atoms with E-state index >= 15 is 0 Å². The highest BCUT2D eigenvalue weighted by molar-refractivity contribution is 5.92. The maximum Gasteiger partial charge on any atom is 0.573 e. The van der Waals surface area contributed by atoms with Crippen molar-refractivity contribution in [2.75, 3.05) is 11.9 Å². The van der Waals surface area contributed by atoms with E-state index in [1.807, 2.05) is 6.07 Å². The number of carbonyl (C=O) groups excluding carboxylic acids is 2. The summed E-state index contributed by atoms with van der Waals surface area (Å²) in [7, 11) is 0. The van der Waals surface area contributed by atoms with Gasteiger partial charge in [0.25, 0.3) is 5.91 Å². The van der Waals surface area contributed by atoms with Crippen LogP contribution < -0.4 is 15.4 Å². The zero-order valence-electron chi connectivity index (χ0n) is 18.8. The minimum atomic E-state index is -4.81. The average molecular weight is 502 g/mol. The Morgan fingerprint density at radius 3 is 2.67 bits per heavy atom. The summed E-state index contributed by atoms with van der Waals surface area (Å²) < 4.78 is 42.4. The molecular formula is C22H21F3N8O3. The third kappa shape index (κ3) is 8.67. The molecule has 0 aliphatic carbocycles. The van der Waals surface area contributed by atoms with Crippen LogP contribution in [0.2, 0.25) is 0 Å². The van der Waals surface area contributed by atoms with E-state index in [0.29, 0.717) is 24.2 Å². The van der Waals surface area contributed by atoms with Crippen LogP contribution in [0.25, 0.3) is 0 Å². The molecule has 3 aromatic rings. The number of benzene rings is 1. The molecule has 0 aliphatic rings. The van der Waals surface area contributed by atoms with E-state index in [-0.39, 0.29) is 24.5 Å². The smallest absolute Gasteiger partial charge is 0.406 e. The minimum Gasteiger partial charge on any atom is -0.406 e. The number of hydrogen-bond donors (Lipinski definition) is 2. The molecule has 0 unspecified atom stereocenters. The number of nitrogens with zero attached hydrogens (tertiary/aromatic N) is 6. The Hall–Kier alpha value is -4.54. The van der Waals surface area contributed by atoms with Gasteiger partial charge in [0.1, 0.15) is 12.3 Å². The van der Waals surface area contributed by atoms with Gasteiger partial charge < -0.3 is 15.4 Å². The molecule has 0 saturated carbocycles. The molecule has 0 radical (unpaired) electrons. The largest absolute Gasteiger partial charge is 0.573 e. The molecule has 0 spiro atoms. The second kappa shape index (κ2) is 12.2. The van der Waals surface area contributed by atoms with Crippen LogP contribution in [-0.2, 0) is 24.2 Å². The van der Waals surface area contributed by atoms with Crippen molar-refractivity contribution in [2.45, 2.75) is 38.6 Å². The van der Waals surface area contributed by atoms with Gasteiger partial charge in [-0.1, -0.05) is 17.3 Å². The number of anilines is 1. The summed E-state index contributed by atoms with van der Waals surface area (Å²) in [6, 6.07) is 10.3. The van der Waals surface area contributed by atoms with Gasteiger partial charge in [0, 0.05) is 6.54 Å². The third-order valence-electron chi connectivity index (χ3n) is 4.65. The number of halogens is 3. The molecule has 11 nitrogen and oxygen atoms in total. The lowest BCUT2D eigenvalue weighted by Crippen LogP contribution is -2.23. The maximum absolute atomic E-state index is 12.3. The van der Waals surface area contributed by atoms with Crippen LogP contribution in [-0.4, -0.2) is 49.9 Å². The van der Waals surface area contributed by atoms with Crippen molar-refractivity contribution in [3.63, 3.8) is 0 Å². The lowest BCUT2D eigenvalue weighted by molar-refractivity contribution is -0.274. The Labute approximate surface area is 203 Å². The van der Waals surface area contributed by atoms with Crippen molar-refractivity contribution < 1.29 is 27.5 Å². The minimum absolute atomic E-state index is 0.107. The van der Waals surface area contributed by atoms with Crippen LogP contribution in [0.5, 0.6) is 5.75 Å². The molecular weight excluding hydrogens is 481 g/mol. The highest BCUT2D eigenvalue weighted by Crippen LogP contribution is 2.23. The van der Waals surface area contributed by atoms with E-state index < -0.39 is 23.9 Å². The summed E-state index contributed by atoms with van der Waals surface area (Å²) in [5, 5.41) is 29.1. The van der Waals surface area contributed by atoms with E-state index in [9.17, 15) is 22.8 Å². The van der Waals surface area contributed by atoms with Crippen molar-refractivity contribution >= 4 is 17.6 Å². The predicted octanol–water partition coefficient (Wildman–Crippen LogP) is 2.42. The summed E-state index contributed by atoms with van der Waals surface area (Å²) in [5.74, 6) is -1.11. The standard InChI is InChI=1S/C22H21F3N8O3/c23-22(24,25)36-17-6-3-4-15(12-17)13-20(34)28-19-8-7-16(29-31-19)5-1-2-11-33-14-18(30-32-33)21(35)27-10-9-26/h3-4,6-8,12,14H,1-2,5,10-11,13H2,(H,27,35)(H,28,31,34). The molecule has 2 heterocycles. The first-order chi connectivity index (χ1) is 17.2. The summed E-state index contributed by atoms with van der Waals surface area (Å²) in [5.41, 5.74) is 1.19. The summed E-state index contributed by atoms with van der Waals surface area (Å²) in [4.78, 5) is 23.9. The average Bonchev–Trinajstić information content (AvgIpc) is 3.29. The fraction of sp³-hybridized carbons (Fsp3) is 0.318. The molecule has 0 fully saturated rings. The van der Waals surface area contributed by atoms with Gasteiger partial charge >= 0.3 is 6.36 Å². The molecule has 0 bridgehead atoms. The van der Waals surface area contributed by atoms with Crippen LogP contribution in [0.4, 0.5) is 19.0 Å². The molecule has 188 valence electrons. The Kier molecular flexibility index (Phi) is 8.87. The molecule has 2 N–H and O–H groups in total. The van der Waals surface area contributed by atoms with Gasteiger partial charge in [0.2, 0.25) is 5.91 Å². The van der Waals surface area contributed by atoms with Crippen LogP contribution >= 0.6 is 0 Å². The number of carbonyl (C=O) groups is 2. The first-order valence-electron chi connectivity index (χ1n) is 10.7. The number of nitrogens with one attached hydrogen (secondary N) is 2. The molecule has 14 heteroatoms. The SMILES string of the molecule is N#CCNC(=O)c1cn(CCCCc2ccc(NC(=O)Cc3cccc(OC(F)(F)F)c3)nn2)nn1. The van der Waals surface area contributed by atoms with Crippen LogP contribution in [0.15, 0.2) is 42.6 Å². The number of amides is 2. The van der Waals surface area contributed by atoms with Crippen molar-refractivity contribution in [3.8, 4) is 11.8 Å². The normalized spacial score (nSPS) is 10.9. The van der Waals surface area contributed by atoms with Crippen LogP contribution in [0, 0.1) is 11.3 Å². The molecule has 0 saturated heterocycles. The van der Waals surface area contributed by atoms with Gasteiger partial charge in [-0.3, -0.25) is 14.3 Å². The van der Waals surface area contributed by atoms with Crippen molar-refractivity contribution in [3.05, 3.63) is 59.5 Å². The first-order valence-corrected chi connectivity index (χ1v) is 10.7. The van der Waals surface area contributed by atoms with Gasteiger partial charge in [-0.05, 0) is 49.1 Å². The molecule has 1 aromatic carbocycles. The molecule has 2 amide bonds. The van der Waals surface area contributed by atoms with Gasteiger partial charge in [-0.15, -0.1) is 23.4 Å². The predicted molar refractivity (Wildman–Crippen MR) is 118 cm³/mol. The zero-order valence-corrected chi connectivity index (χ0v) is 18.8. The van der Waals surface area contributed by atoms with Gasteiger partial charge in [0.05, 0.1) is 24.4 Å². The number of nitriles is 1. The second-order valence-electron chi connectivity index (χ2n) is 7.49. The van der Waals surface area contributed by atoms with E-state index in [1.165, 1.54) is 23.0 Å². The lowest BCUT2D eigenvalue weighted by atomic mass is 10.1. The van der Waals surface area contributed by atoms with Crippen LogP contribution in [0.3, 0.4) is 0 Å². The fourth-order valence-electron chi connectivity index (χ4n) is 3.09. The Balaban J connectivity index is 1.40. The molecule has 36 heavy (non-hydrogen) atoms. The van der Waals surface area contributed by atoms with Gasteiger partial charge in [-0.25, -0.2) is 0 Å². The van der Waals surface area contributed by atoms with Crippen LogP contribution in [0.1, 0.15) is 34.6 Å². The number of rotatable bonds is 11. The number of aryl methyl sites for hydroxylation is 2. The fourth-order valence-corrected chi connectivity index (χ4v) is 3.09. The molecule has 2 aromatic heterocycles. The Bertz CT molecular complexity index is 1220. The molecule has 0 aliphatic heterocycles. The van der Waals surface area contributed by atoms with Crippen molar-refractivity contribution in [1.82, 2.24) is 30.5 Å². The number of hydrogen-bond acceptors (Lipinski definition) is 8. The monoisotopic (exact) mass is 502 g/mol. The second-order valence-corrected chi connectivity index (χ2v) is 7.49. The molecule has 0 atom stereocenters. The topological polar surface area (TPSA) is 148 Å². The van der Waals surface area contributed by atoms with E-state index in [4.69, 9.17) is 5.26 Å². The van der Waals surface area contributed by atoms with Crippen molar-refractivity contribution in [1.29, 1.82) is 5.26 Å². The Morgan fingerprint density at radius 1 is 1.11 bits per heavy atom. The number of aromatic nitrogens is 5. The number of unbranched alkanes of at least 4 members (excludes halogenated alkanes) is 1. The van der Waals surface area contributed by atoms with E-state index in [2.05, 4.69) is 35.9 Å². The third-order valence-corrected chi connectivity index (χ3v) is 4.65. The van der Waals surface area contributed by atoms with Gasteiger partial charge in [-0.2, -0.15) is 10.4 Å². The lowest BCUT2D eigenvalue weighted by Gasteiger charge is -2.10. The zero-order chi connectivity index (χ0) is 26.0. The number of alkyl halides is 3.